The molecule has 0 bridgehead atoms. The molecule has 1 atom stereocenters. The lowest BCUT2D eigenvalue weighted by atomic mass is 9.94. The van der Waals surface area contributed by atoms with E-state index in [9.17, 15) is 4.79 Å². The minimum absolute atomic E-state index is 0.118. The van der Waals surface area contributed by atoms with E-state index in [2.05, 4.69) is 10.6 Å². The molecule has 2 N–H and O–H groups in total. The summed E-state index contributed by atoms with van der Waals surface area (Å²) < 4.78 is 5.15. The van der Waals surface area contributed by atoms with Crippen LogP contribution in [0.4, 0.5) is 0 Å². The monoisotopic (exact) mass is 236 g/mol. The first-order valence-electron chi connectivity index (χ1n) is 6.34. The van der Waals surface area contributed by atoms with Gasteiger partial charge in [0.2, 0.25) is 5.91 Å². The van der Waals surface area contributed by atoms with Gasteiger partial charge in [-0.3, -0.25) is 4.79 Å². The second-order valence-corrected chi connectivity index (χ2v) is 4.61. The summed E-state index contributed by atoms with van der Waals surface area (Å²) in [6.07, 6.45) is 5.70. The average molecular weight is 236 g/mol. The van der Waals surface area contributed by atoms with Crippen molar-refractivity contribution in [1.82, 2.24) is 10.6 Å². The number of rotatable bonds is 5. The molecular formula is C13H20N2O2. The molecule has 0 spiro atoms. The highest BCUT2D eigenvalue weighted by Gasteiger charge is 2.14. The van der Waals surface area contributed by atoms with Crippen LogP contribution in [0.15, 0.2) is 22.8 Å². The van der Waals surface area contributed by atoms with Gasteiger partial charge in [-0.15, -0.1) is 0 Å². The molecule has 0 aliphatic carbocycles. The van der Waals surface area contributed by atoms with Gasteiger partial charge in [0.25, 0.3) is 0 Å². The number of hydrogen-bond donors (Lipinski definition) is 2. The summed E-state index contributed by atoms with van der Waals surface area (Å²) in [5, 5.41) is 6.24. The van der Waals surface area contributed by atoms with Crippen molar-refractivity contribution in [1.29, 1.82) is 0 Å². The zero-order valence-electron chi connectivity index (χ0n) is 10.1. The predicted molar refractivity (Wildman–Crippen MR) is 65.4 cm³/mol. The Labute approximate surface area is 102 Å². The van der Waals surface area contributed by atoms with E-state index in [1.807, 2.05) is 12.1 Å². The first kappa shape index (κ1) is 12.2. The highest BCUT2D eigenvalue weighted by Crippen LogP contribution is 2.15. The maximum absolute atomic E-state index is 11.6. The maximum atomic E-state index is 11.6. The Morgan fingerprint density at radius 2 is 2.53 bits per heavy atom. The van der Waals surface area contributed by atoms with E-state index in [1.165, 1.54) is 12.8 Å². The molecule has 1 amide bonds. The van der Waals surface area contributed by atoms with Gasteiger partial charge in [-0.1, -0.05) is 0 Å². The number of nitrogens with one attached hydrogen (secondary N) is 2. The van der Waals surface area contributed by atoms with Crippen molar-refractivity contribution in [3.8, 4) is 0 Å². The molecule has 94 valence electrons. The van der Waals surface area contributed by atoms with Crippen LogP contribution in [0.3, 0.4) is 0 Å². The molecule has 0 radical (unpaired) electrons. The molecule has 4 heteroatoms. The van der Waals surface area contributed by atoms with E-state index in [4.69, 9.17) is 4.42 Å². The van der Waals surface area contributed by atoms with Gasteiger partial charge in [-0.05, 0) is 50.4 Å². The fraction of sp³-hybridized carbons (Fsp3) is 0.615. The summed E-state index contributed by atoms with van der Waals surface area (Å²) >= 11 is 0. The Morgan fingerprint density at radius 1 is 1.59 bits per heavy atom. The molecular weight excluding hydrogens is 216 g/mol. The number of furan rings is 1. The molecule has 1 aromatic heterocycles. The van der Waals surface area contributed by atoms with Crippen molar-refractivity contribution >= 4 is 5.91 Å². The second kappa shape index (κ2) is 6.45. The van der Waals surface area contributed by atoms with Crippen LogP contribution in [-0.4, -0.2) is 19.0 Å². The van der Waals surface area contributed by atoms with Crippen molar-refractivity contribution in [2.24, 2.45) is 5.92 Å². The minimum atomic E-state index is 0.118. The van der Waals surface area contributed by atoms with Crippen LogP contribution in [0.5, 0.6) is 0 Å². The van der Waals surface area contributed by atoms with Gasteiger partial charge >= 0.3 is 0 Å². The molecule has 1 aliphatic rings. The lowest BCUT2D eigenvalue weighted by molar-refractivity contribution is -0.121. The van der Waals surface area contributed by atoms with Gasteiger partial charge in [-0.25, -0.2) is 0 Å². The van der Waals surface area contributed by atoms with Gasteiger partial charge in [0.15, 0.2) is 0 Å². The SMILES string of the molecule is O=C(CCC1CCCNC1)NCc1ccco1. The summed E-state index contributed by atoms with van der Waals surface area (Å²) in [6.45, 7) is 2.68. The van der Waals surface area contributed by atoms with Crippen molar-refractivity contribution in [3.63, 3.8) is 0 Å². The zero-order valence-corrected chi connectivity index (χ0v) is 10.1. The minimum Gasteiger partial charge on any atom is -0.467 e. The summed E-state index contributed by atoms with van der Waals surface area (Å²) in [5.41, 5.74) is 0. The Morgan fingerprint density at radius 3 is 3.24 bits per heavy atom. The van der Waals surface area contributed by atoms with E-state index in [0.717, 1.165) is 25.3 Å². The molecule has 2 rings (SSSR count). The second-order valence-electron chi connectivity index (χ2n) is 4.61. The molecule has 1 fully saturated rings. The highest BCUT2D eigenvalue weighted by molar-refractivity contribution is 5.75. The van der Waals surface area contributed by atoms with E-state index in [0.29, 0.717) is 18.9 Å². The number of carbonyl (C=O) groups excluding carboxylic acids is 1. The van der Waals surface area contributed by atoms with Crippen LogP contribution in [0.2, 0.25) is 0 Å². The van der Waals surface area contributed by atoms with Crippen LogP contribution in [0.1, 0.15) is 31.4 Å². The third kappa shape index (κ3) is 4.23. The molecule has 2 heterocycles. The first-order chi connectivity index (χ1) is 8.34. The summed E-state index contributed by atoms with van der Waals surface area (Å²) in [7, 11) is 0. The van der Waals surface area contributed by atoms with Crippen LogP contribution in [0.25, 0.3) is 0 Å². The van der Waals surface area contributed by atoms with Gasteiger partial charge in [-0.2, -0.15) is 0 Å². The lowest BCUT2D eigenvalue weighted by Crippen LogP contribution is -2.31. The van der Waals surface area contributed by atoms with Gasteiger partial charge in [0.1, 0.15) is 5.76 Å². The smallest absolute Gasteiger partial charge is 0.220 e. The molecule has 0 saturated carbocycles. The third-order valence-electron chi connectivity index (χ3n) is 3.22. The Kier molecular flexibility index (Phi) is 4.62. The van der Waals surface area contributed by atoms with Gasteiger partial charge in [0.05, 0.1) is 12.8 Å². The summed E-state index contributed by atoms with van der Waals surface area (Å²) in [6, 6.07) is 3.69. The van der Waals surface area contributed by atoms with Gasteiger partial charge < -0.3 is 15.1 Å². The number of piperidine rings is 1. The Bertz CT molecular complexity index is 329. The first-order valence-corrected chi connectivity index (χ1v) is 6.34. The topological polar surface area (TPSA) is 54.3 Å². The van der Waals surface area contributed by atoms with E-state index >= 15 is 0 Å². The lowest BCUT2D eigenvalue weighted by Gasteiger charge is -2.22. The van der Waals surface area contributed by atoms with Crippen LogP contribution in [0, 0.1) is 5.92 Å². The van der Waals surface area contributed by atoms with Crippen molar-refractivity contribution in [3.05, 3.63) is 24.2 Å². The molecule has 1 aromatic rings. The van der Waals surface area contributed by atoms with Crippen LogP contribution >= 0.6 is 0 Å². The molecule has 0 aromatic carbocycles. The van der Waals surface area contributed by atoms with E-state index in [1.54, 1.807) is 6.26 Å². The number of carbonyl (C=O) groups is 1. The molecule has 1 unspecified atom stereocenters. The molecule has 1 saturated heterocycles. The fourth-order valence-corrected chi connectivity index (χ4v) is 2.19. The normalized spacial score (nSPS) is 20.1. The van der Waals surface area contributed by atoms with E-state index in [-0.39, 0.29) is 5.91 Å². The molecule has 4 nitrogen and oxygen atoms in total. The third-order valence-corrected chi connectivity index (χ3v) is 3.22. The van der Waals surface area contributed by atoms with Crippen molar-refractivity contribution < 1.29 is 9.21 Å². The van der Waals surface area contributed by atoms with Gasteiger partial charge in [0, 0.05) is 6.42 Å². The van der Waals surface area contributed by atoms with Crippen molar-refractivity contribution in [2.75, 3.05) is 13.1 Å². The predicted octanol–water partition coefficient (Wildman–Crippen LogP) is 1.68. The Hall–Kier alpha value is -1.29. The largest absolute Gasteiger partial charge is 0.467 e. The maximum Gasteiger partial charge on any atom is 0.220 e. The van der Waals surface area contributed by atoms with Crippen LogP contribution in [-0.2, 0) is 11.3 Å². The highest BCUT2D eigenvalue weighted by atomic mass is 16.3. The quantitative estimate of drug-likeness (QED) is 0.817. The number of hydrogen-bond acceptors (Lipinski definition) is 3. The molecule has 1 aliphatic heterocycles. The average Bonchev–Trinajstić information content (AvgIpc) is 2.88. The summed E-state index contributed by atoms with van der Waals surface area (Å²) in [5.74, 6) is 1.59. The fourth-order valence-electron chi connectivity index (χ4n) is 2.19. The van der Waals surface area contributed by atoms with E-state index < -0.39 is 0 Å². The Balaban J connectivity index is 1.60. The van der Waals surface area contributed by atoms with Crippen LogP contribution < -0.4 is 10.6 Å². The summed E-state index contributed by atoms with van der Waals surface area (Å²) in [4.78, 5) is 11.6. The van der Waals surface area contributed by atoms with Crippen molar-refractivity contribution in [2.45, 2.75) is 32.2 Å². The number of amides is 1. The zero-order chi connectivity index (χ0) is 11.9. The molecule has 17 heavy (non-hydrogen) atoms. The standard InChI is InChI=1S/C13H20N2O2/c16-13(15-10-12-4-2-8-17-12)6-5-11-3-1-7-14-9-11/h2,4,8,11,14H,1,3,5-7,9-10H2,(H,15,16).